The van der Waals surface area contributed by atoms with E-state index in [0.717, 1.165) is 56.1 Å². The summed E-state index contributed by atoms with van der Waals surface area (Å²) in [5.74, 6) is -3.81. The molecule has 1 atom stereocenters. The van der Waals surface area contributed by atoms with Gasteiger partial charge in [0, 0.05) is 25.7 Å². The number of carbonyl (C=O) groups is 4. The van der Waals surface area contributed by atoms with Crippen molar-refractivity contribution in [3.63, 3.8) is 0 Å². The van der Waals surface area contributed by atoms with E-state index in [4.69, 9.17) is 9.47 Å². The minimum Gasteiger partial charge on any atom is -0.460 e. The zero-order valence-corrected chi connectivity index (χ0v) is 24.6. The molecule has 0 bridgehead atoms. The van der Waals surface area contributed by atoms with Crippen molar-refractivity contribution in [1.82, 2.24) is 9.47 Å². The maximum Gasteiger partial charge on any atom is 0.320 e. The number of carbonyl (C=O) groups excluding carboxylic acids is 4. The van der Waals surface area contributed by atoms with Crippen molar-refractivity contribution in [2.75, 3.05) is 13.1 Å². The summed E-state index contributed by atoms with van der Waals surface area (Å²) >= 11 is 0. The second-order valence-electron chi connectivity index (χ2n) is 11.6. The van der Waals surface area contributed by atoms with Crippen molar-refractivity contribution in [2.24, 2.45) is 17.8 Å². The van der Waals surface area contributed by atoms with Gasteiger partial charge < -0.3 is 14.4 Å². The lowest BCUT2D eigenvalue weighted by atomic mass is 9.72. The summed E-state index contributed by atoms with van der Waals surface area (Å²) in [4.78, 5) is 56.4. The number of hydrogen-bond donors (Lipinski definition) is 0. The van der Waals surface area contributed by atoms with Crippen LogP contribution >= 0.6 is 0 Å². The number of ether oxygens (including phenoxy) is 2. The van der Waals surface area contributed by atoms with Gasteiger partial charge in [-0.3, -0.25) is 23.7 Å². The molecule has 2 aliphatic rings. The van der Waals surface area contributed by atoms with Gasteiger partial charge in [0.05, 0.1) is 0 Å². The van der Waals surface area contributed by atoms with E-state index < -0.39 is 23.8 Å². The number of benzene rings is 2. The number of esters is 2. The molecule has 1 aromatic heterocycles. The third-order valence-corrected chi connectivity index (χ3v) is 8.68. The average Bonchev–Trinajstić information content (AvgIpc) is 3.77. The zero-order valence-electron chi connectivity index (χ0n) is 24.6. The second-order valence-corrected chi connectivity index (χ2v) is 11.6. The molecule has 1 aliphatic carbocycles. The number of amides is 1. The van der Waals surface area contributed by atoms with Crippen LogP contribution in [0.3, 0.4) is 0 Å². The Morgan fingerprint density at radius 2 is 1.26 bits per heavy atom. The molecule has 2 aromatic carbocycles. The molecule has 8 heteroatoms. The van der Waals surface area contributed by atoms with Crippen LogP contribution in [0.15, 0.2) is 79.0 Å². The molecule has 0 spiro atoms. The smallest absolute Gasteiger partial charge is 0.320 e. The molecule has 0 N–H and O–H groups in total. The molecular weight excluding hydrogens is 544 g/mol. The first-order chi connectivity index (χ1) is 21.0. The standard InChI is InChI=1S/C35H40N2O6/c38-31(37-22-12-19-30(37)33(39)36-20-10-11-21-36)23-29(28-17-8-3-9-18-28)32(34(40)42-24-26-13-4-1-5-14-26)35(41)43-25-27-15-6-2-7-16-27/h1-2,4-7,12-16,19,22,28-29,32H,3,8-11,17-18,20-21,23-25H2/t29-/m1/s1. The number of hydrogen-bond acceptors (Lipinski definition) is 6. The summed E-state index contributed by atoms with van der Waals surface area (Å²) in [6.07, 6.45) is 8.01. The van der Waals surface area contributed by atoms with Gasteiger partial charge in [0.1, 0.15) is 18.9 Å². The Kier molecular flexibility index (Phi) is 10.4. The van der Waals surface area contributed by atoms with Gasteiger partial charge in [0.15, 0.2) is 5.92 Å². The summed E-state index contributed by atoms with van der Waals surface area (Å²) in [5.41, 5.74) is 1.91. The third kappa shape index (κ3) is 7.80. The predicted octanol–water partition coefficient (Wildman–Crippen LogP) is 6.05. The monoisotopic (exact) mass is 584 g/mol. The molecule has 8 nitrogen and oxygen atoms in total. The van der Waals surface area contributed by atoms with Crippen molar-refractivity contribution >= 4 is 23.8 Å². The number of likely N-dealkylation sites (tertiary alicyclic amines) is 1. The van der Waals surface area contributed by atoms with Gasteiger partial charge in [-0.25, -0.2) is 0 Å². The van der Waals surface area contributed by atoms with E-state index in [9.17, 15) is 19.2 Å². The normalized spacial score (nSPS) is 16.2. The first kappa shape index (κ1) is 30.3. The van der Waals surface area contributed by atoms with E-state index >= 15 is 0 Å². The fourth-order valence-electron chi connectivity index (χ4n) is 6.36. The zero-order chi connectivity index (χ0) is 30.0. The van der Waals surface area contributed by atoms with Gasteiger partial charge in [-0.15, -0.1) is 0 Å². The molecule has 0 radical (unpaired) electrons. The highest BCUT2D eigenvalue weighted by Gasteiger charge is 2.43. The molecule has 5 rings (SSSR count). The summed E-state index contributed by atoms with van der Waals surface area (Å²) in [5, 5.41) is 0. The third-order valence-electron chi connectivity index (χ3n) is 8.68. The molecule has 1 amide bonds. The van der Waals surface area contributed by atoms with Crippen molar-refractivity contribution < 1.29 is 28.7 Å². The molecule has 226 valence electrons. The van der Waals surface area contributed by atoms with Crippen LogP contribution in [-0.4, -0.2) is 46.3 Å². The van der Waals surface area contributed by atoms with E-state index in [0.29, 0.717) is 18.8 Å². The van der Waals surface area contributed by atoms with Gasteiger partial charge in [-0.1, -0.05) is 92.8 Å². The predicted molar refractivity (Wildman–Crippen MR) is 161 cm³/mol. The molecule has 1 aliphatic heterocycles. The Bertz CT molecular complexity index is 1320. The highest BCUT2D eigenvalue weighted by atomic mass is 16.6. The van der Waals surface area contributed by atoms with Crippen molar-refractivity contribution in [2.45, 2.75) is 64.6 Å². The fourth-order valence-corrected chi connectivity index (χ4v) is 6.36. The highest BCUT2D eigenvalue weighted by molar-refractivity contribution is 5.98. The lowest BCUT2D eigenvalue weighted by Gasteiger charge is -2.33. The van der Waals surface area contributed by atoms with Crippen LogP contribution in [0.5, 0.6) is 0 Å². The molecule has 2 fully saturated rings. The molecule has 3 aromatic rings. The van der Waals surface area contributed by atoms with Crippen LogP contribution < -0.4 is 0 Å². The number of aromatic nitrogens is 1. The maximum atomic E-state index is 13.9. The summed E-state index contributed by atoms with van der Waals surface area (Å²) in [6.45, 7) is 1.37. The molecule has 1 saturated carbocycles. The average molecular weight is 585 g/mol. The summed E-state index contributed by atoms with van der Waals surface area (Å²) in [7, 11) is 0. The topological polar surface area (TPSA) is 94.9 Å². The quantitative estimate of drug-likeness (QED) is 0.201. The molecule has 0 unspecified atom stereocenters. The van der Waals surface area contributed by atoms with Crippen molar-refractivity contribution in [3.8, 4) is 0 Å². The van der Waals surface area contributed by atoms with E-state index in [1.807, 2.05) is 60.7 Å². The summed E-state index contributed by atoms with van der Waals surface area (Å²) < 4.78 is 12.8. The Labute approximate surface area is 253 Å². The van der Waals surface area contributed by atoms with Crippen LogP contribution in [0.1, 0.15) is 77.8 Å². The van der Waals surface area contributed by atoms with E-state index in [2.05, 4.69) is 0 Å². The largest absolute Gasteiger partial charge is 0.460 e. The van der Waals surface area contributed by atoms with Crippen LogP contribution in [0.4, 0.5) is 0 Å². The molecule has 43 heavy (non-hydrogen) atoms. The maximum absolute atomic E-state index is 13.9. The van der Waals surface area contributed by atoms with Crippen LogP contribution in [0.25, 0.3) is 0 Å². The van der Waals surface area contributed by atoms with E-state index in [-0.39, 0.29) is 37.4 Å². The second kappa shape index (κ2) is 14.8. The van der Waals surface area contributed by atoms with Gasteiger partial charge in [-0.05, 0) is 47.9 Å². The minimum absolute atomic E-state index is 0.0134. The van der Waals surface area contributed by atoms with Crippen molar-refractivity contribution in [3.05, 3.63) is 95.8 Å². The van der Waals surface area contributed by atoms with Crippen LogP contribution in [-0.2, 0) is 32.3 Å². The Morgan fingerprint density at radius 1 is 0.698 bits per heavy atom. The highest BCUT2D eigenvalue weighted by Crippen LogP contribution is 2.38. The molecule has 1 saturated heterocycles. The minimum atomic E-state index is -1.27. The van der Waals surface area contributed by atoms with Crippen molar-refractivity contribution in [1.29, 1.82) is 0 Å². The number of nitrogens with zero attached hydrogens (tertiary/aromatic N) is 2. The first-order valence-corrected chi connectivity index (χ1v) is 15.4. The van der Waals surface area contributed by atoms with Gasteiger partial charge in [-0.2, -0.15) is 0 Å². The molecular formula is C35H40N2O6. The van der Waals surface area contributed by atoms with E-state index in [1.165, 1.54) is 4.57 Å². The Balaban J connectivity index is 1.41. The van der Waals surface area contributed by atoms with Gasteiger partial charge >= 0.3 is 11.9 Å². The van der Waals surface area contributed by atoms with Gasteiger partial charge in [0.2, 0.25) is 5.91 Å². The molecule has 2 heterocycles. The lowest BCUT2D eigenvalue weighted by molar-refractivity contribution is -0.168. The Morgan fingerprint density at radius 3 is 1.81 bits per heavy atom. The van der Waals surface area contributed by atoms with Crippen LogP contribution in [0.2, 0.25) is 0 Å². The van der Waals surface area contributed by atoms with Crippen LogP contribution in [0, 0.1) is 17.8 Å². The SMILES string of the molecule is O=C(OCc1ccccc1)C(C(=O)OCc1ccccc1)[C@H](CC(=O)n1cccc1C(=O)N1CCCC1)C1CCCCC1. The number of rotatable bonds is 11. The lowest BCUT2D eigenvalue weighted by Crippen LogP contribution is -2.40. The fraction of sp³-hybridized carbons (Fsp3) is 0.429. The van der Waals surface area contributed by atoms with E-state index in [1.54, 1.807) is 23.2 Å². The first-order valence-electron chi connectivity index (χ1n) is 15.4. The van der Waals surface area contributed by atoms with Gasteiger partial charge in [0.25, 0.3) is 5.91 Å². The Hall–Kier alpha value is -4.20. The summed E-state index contributed by atoms with van der Waals surface area (Å²) in [6, 6.07) is 21.9.